The molecule has 1 aliphatic rings. The van der Waals surface area contributed by atoms with Crippen LogP contribution in [0.3, 0.4) is 0 Å². The number of aromatic amines is 1. The first-order valence-electron chi connectivity index (χ1n) is 11.9. The van der Waals surface area contributed by atoms with E-state index in [1.807, 2.05) is 13.8 Å². The number of amides is 3. The van der Waals surface area contributed by atoms with Crippen molar-refractivity contribution in [1.82, 2.24) is 20.9 Å². The molecule has 0 spiro atoms. The second-order valence-corrected chi connectivity index (χ2v) is 9.74. The number of hydrogen-bond donors (Lipinski definition) is 4. The number of piperidine rings is 1. The molecule has 1 fully saturated rings. The lowest BCUT2D eigenvalue weighted by Crippen LogP contribution is -2.50. The highest BCUT2D eigenvalue weighted by atomic mass is 35.5. The van der Waals surface area contributed by atoms with Crippen LogP contribution in [0.4, 0.5) is 0 Å². The number of carbonyl (C=O) groups excluding carboxylic acids is 3. The van der Waals surface area contributed by atoms with Crippen molar-refractivity contribution < 1.29 is 19.1 Å². The Morgan fingerprint density at radius 1 is 1.29 bits per heavy atom. The summed E-state index contributed by atoms with van der Waals surface area (Å²) in [6.45, 7) is 4.58. The summed E-state index contributed by atoms with van der Waals surface area (Å²) in [6, 6.07) is 5.54. The third-order valence-electron chi connectivity index (χ3n) is 6.13. The molecule has 9 nitrogen and oxygen atoms in total. The Kier molecular flexibility index (Phi) is 8.99. The summed E-state index contributed by atoms with van der Waals surface area (Å²) in [5.74, 6) is -0.367. The molecule has 2 heterocycles. The molecule has 4 N–H and O–H groups in total. The molecule has 0 bridgehead atoms. The number of benzene rings is 1. The van der Waals surface area contributed by atoms with Gasteiger partial charge < -0.3 is 25.7 Å². The van der Waals surface area contributed by atoms with E-state index in [4.69, 9.17) is 16.3 Å². The standard InChI is InChI=1S/C25H32ClN5O4/c1-14(2)9-20(24(33)29-17(13-27)7-6-15-5-4-8-28-23(15)32)31-25(34)21-12-18-19(30-21)10-16(26)11-22(18)35-3/h10-12,14-15,17,20,30H,4-9H2,1-3H3,(H,28,32)(H,29,33)(H,31,34)/t15-,17-,20-/m0/s1. The largest absolute Gasteiger partial charge is 0.496 e. The van der Waals surface area contributed by atoms with Gasteiger partial charge in [0, 0.05) is 22.9 Å². The van der Waals surface area contributed by atoms with E-state index in [-0.39, 0.29) is 23.4 Å². The van der Waals surface area contributed by atoms with Crippen LogP contribution < -0.4 is 20.7 Å². The van der Waals surface area contributed by atoms with Crippen LogP contribution in [0.2, 0.25) is 5.02 Å². The summed E-state index contributed by atoms with van der Waals surface area (Å²) in [7, 11) is 1.52. The van der Waals surface area contributed by atoms with E-state index in [9.17, 15) is 19.6 Å². The number of carbonyl (C=O) groups is 3. The lowest BCUT2D eigenvalue weighted by Gasteiger charge is -2.24. The quantitative estimate of drug-likeness (QED) is 0.396. The van der Waals surface area contributed by atoms with Crippen molar-refractivity contribution in [1.29, 1.82) is 5.26 Å². The highest BCUT2D eigenvalue weighted by Gasteiger charge is 2.27. The Morgan fingerprint density at radius 2 is 2.06 bits per heavy atom. The van der Waals surface area contributed by atoms with Gasteiger partial charge in [-0.2, -0.15) is 5.26 Å². The molecule has 1 aromatic carbocycles. The zero-order valence-corrected chi connectivity index (χ0v) is 21.0. The smallest absolute Gasteiger partial charge is 0.268 e. The SMILES string of the molecule is COc1cc(Cl)cc2[nH]c(C(=O)N[C@@H](CC(C)C)C(=O)N[C@H](C#N)CC[C@@H]3CCCNC3=O)cc12. The maximum atomic E-state index is 13.0. The Labute approximate surface area is 209 Å². The van der Waals surface area contributed by atoms with Crippen LogP contribution in [0.15, 0.2) is 18.2 Å². The normalized spacial score (nSPS) is 17.4. The summed E-state index contributed by atoms with van der Waals surface area (Å²) < 4.78 is 5.35. The fourth-order valence-corrected chi connectivity index (χ4v) is 4.53. The van der Waals surface area contributed by atoms with Gasteiger partial charge in [0.25, 0.3) is 5.91 Å². The molecule has 0 saturated carbocycles. The molecule has 1 aliphatic heterocycles. The Hall–Kier alpha value is -3.25. The van der Waals surface area contributed by atoms with Gasteiger partial charge in [-0.1, -0.05) is 25.4 Å². The molecule has 0 unspecified atom stereocenters. The Bertz CT molecular complexity index is 1120. The average molecular weight is 502 g/mol. The van der Waals surface area contributed by atoms with Crippen molar-refractivity contribution in [2.75, 3.05) is 13.7 Å². The van der Waals surface area contributed by atoms with Gasteiger partial charge >= 0.3 is 0 Å². The third kappa shape index (κ3) is 6.89. The molecule has 3 atom stereocenters. The van der Waals surface area contributed by atoms with Crippen LogP contribution >= 0.6 is 11.6 Å². The fraction of sp³-hybridized carbons (Fsp3) is 0.520. The van der Waals surface area contributed by atoms with E-state index >= 15 is 0 Å². The summed E-state index contributed by atoms with van der Waals surface area (Å²) in [4.78, 5) is 41.1. The number of nitrogens with zero attached hydrogens (tertiary/aromatic N) is 1. The van der Waals surface area contributed by atoms with Gasteiger partial charge in [0.15, 0.2) is 0 Å². The minimum absolute atomic E-state index is 0.000432. The molecular formula is C25H32ClN5O4. The third-order valence-corrected chi connectivity index (χ3v) is 6.35. The minimum atomic E-state index is -0.826. The predicted molar refractivity (Wildman–Crippen MR) is 133 cm³/mol. The molecule has 1 saturated heterocycles. The van der Waals surface area contributed by atoms with Gasteiger partial charge in [-0.25, -0.2) is 0 Å². The maximum absolute atomic E-state index is 13.0. The van der Waals surface area contributed by atoms with Crippen LogP contribution in [-0.4, -0.2) is 48.4 Å². The zero-order chi connectivity index (χ0) is 25.5. The molecule has 3 amide bonds. The van der Waals surface area contributed by atoms with Crippen LogP contribution in [0.1, 0.15) is 56.4 Å². The minimum Gasteiger partial charge on any atom is -0.496 e. The molecule has 1 aromatic heterocycles. The molecule has 2 aromatic rings. The molecular weight excluding hydrogens is 470 g/mol. The zero-order valence-electron chi connectivity index (χ0n) is 20.2. The fourth-order valence-electron chi connectivity index (χ4n) is 4.32. The summed E-state index contributed by atoms with van der Waals surface area (Å²) in [5, 5.41) is 19.1. The van der Waals surface area contributed by atoms with Gasteiger partial charge in [-0.15, -0.1) is 0 Å². The highest BCUT2D eigenvalue weighted by Crippen LogP contribution is 2.30. The number of hydrogen-bond acceptors (Lipinski definition) is 5. The number of ether oxygens (including phenoxy) is 1. The van der Waals surface area contributed by atoms with E-state index in [2.05, 4.69) is 27.0 Å². The van der Waals surface area contributed by atoms with E-state index in [1.54, 1.807) is 18.2 Å². The second kappa shape index (κ2) is 11.9. The van der Waals surface area contributed by atoms with Crippen molar-refractivity contribution >= 4 is 40.2 Å². The van der Waals surface area contributed by atoms with E-state index in [0.717, 1.165) is 12.8 Å². The first-order chi connectivity index (χ1) is 16.7. The lowest BCUT2D eigenvalue weighted by molar-refractivity contribution is -0.126. The van der Waals surface area contributed by atoms with Crippen LogP contribution in [0.25, 0.3) is 10.9 Å². The van der Waals surface area contributed by atoms with E-state index in [1.165, 1.54) is 7.11 Å². The number of nitrogens with one attached hydrogen (secondary N) is 4. The van der Waals surface area contributed by atoms with E-state index in [0.29, 0.717) is 47.5 Å². The number of rotatable bonds is 10. The maximum Gasteiger partial charge on any atom is 0.268 e. The van der Waals surface area contributed by atoms with Gasteiger partial charge in [-0.05, 0) is 56.2 Å². The summed E-state index contributed by atoms with van der Waals surface area (Å²) in [5.41, 5.74) is 0.905. The molecule has 10 heteroatoms. The van der Waals surface area contributed by atoms with Crippen LogP contribution in [-0.2, 0) is 9.59 Å². The van der Waals surface area contributed by atoms with Crippen molar-refractivity contribution in [2.45, 2.75) is 58.0 Å². The van der Waals surface area contributed by atoms with Crippen molar-refractivity contribution in [3.05, 3.63) is 28.9 Å². The van der Waals surface area contributed by atoms with Crippen molar-refractivity contribution in [2.24, 2.45) is 11.8 Å². The van der Waals surface area contributed by atoms with Crippen LogP contribution in [0, 0.1) is 23.2 Å². The van der Waals surface area contributed by atoms with Gasteiger partial charge in [0.1, 0.15) is 23.5 Å². The molecule has 188 valence electrons. The number of H-pyrrole nitrogens is 1. The Morgan fingerprint density at radius 3 is 2.71 bits per heavy atom. The van der Waals surface area contributed by atoms with Crippen molar-refractivity contribution in [3.63, 3.8) is 0 Å². The lowest BCUT2D eigenvalue weighted by atomic mass is 9.92. The molecule has 35 heavy (non-hydrogen) atoms. The topological polar surface area (TPSA) is 136 Å². The molecule has 0 radical (unpaired) electrons. The number of methoxy groups -OCH3 is 1. The van der Waals surface area contributed by atoms with Gasteiger partial charge in [-0.3, -0.25) is 14.4 Å². The average Bonchev–Trinajstić information content (AvgIpc) is 3.25. The number of fused-ring (bicyclic) bond motifs is 1. The highest BCUT2D eigenvalue weighted by molar-refractivity contribution is 6.31. The number of halogens is 1. The van der Waals surface area contributed by atoms with Gasteiger partial charge in [0.05, 0.1) is 18.7 Å². The second-order valence-electron chi connectivity index (χ2n) is 9.31. The predicted octanol–water partition coefficient (Wildman–Crippen LogP) is 3.29. The van der Waals surface area contributed by atoms with Crippen LogP contribution in [0.5, 0.6) is 5.75 Å². The summed E-state index contributed by atoms with van der Waals surface area (Å²) in [6.07, 6.45) is 2.98. The van der Waals surface area contributed by atoms with E-state index < -0.39 is 23.9 Å². The van der Waals surface area contributed by atoms with Gasteiger partial charge in [0.2, 0.25) is 11.8 Å². The summed E-state index contributed by atoms with van der Waals surface area (Å²) >= 11 is 6.12. The molecule has 3 rings (SSSR count). The number of nitriles is 1. The first-order valence-corrected chi connectivity index (χ1v) is 12.2. The number of aromatic nitrogens is 1. The van der Waals surface area contributed by atoms with Crippen molar-refractivity contribution in [3.8, 4) is 11.8 Å². The molecule has 0 aliphatic carbocycles. The monoisotopic (exact) mass is 501 g/mol. The first kappa shape index (κ1) is 26.4. The Balaban J connectivity index is 1.68.